The van der Waals surface area contributed by atoms with E-state index in [0.717, 1.165) is 11.1 Å². The third-order valence-electron chi connectivity index (χ3n) is 7.47. The summed E-state index contributed by atoms with van der Waals surface area (Å²) in [6.45, 7) is 4.33. The van der Waals surface area contributed by atoms with Crippen molar-refractivity contribution in [2.24, 2.45) is 17.8 Å². The Morgan fingerprint density at radius 1 is 0.867 bits per heavy atom. The van der Waals surface area contributed by atoms with E-state index in [0.29, 0.717) is 0 Å². The lowest BCUT2D eigenvalue weighted by molar-refractivity contribution is -0.149. The van der Waals surface area contributed by atoms with Crippen molar-refractivity contribution in [1.29, 1.82) is 0 Å². The highest BCUT2D eigenvalue weighted by Crippen LogP contribution is 2.23. The highest BCUT2D eigenvalue weighted by Gasteiger charge is 2.32. The molecule has 3 rings (SSSR count). The highest BCUT2D eigenvalue weighted by atomic mass is 16.6. The minimum Gasteiger partial charge on any atom is -0.486 e. The van der Waals surface area contributed by atoms with Crippen LogP contribution in [0.4, 0.5) is 0 Å². The van der Waals surface area contributed by atoms with E-state index in [1.54, 1.807) is 13.8 Å². The van der Waals surface area contributed by atoms with Gasteiger partial charge in [0, 0.05) is 18.8 Å². The average Bonchev–Trinajstić information content (AvgIpc) is 3.35. The second kappa shape index (κ2) is 16.9. The topological polar surface area (TPSA) is 162 Å². The number of carbonyl (C=O) groups excluding carboxylic acids is 5. The molecule has 3 atom stereocenters. The molecule has 0 aromatic heterocycles. The van der Waals surface area contributed by atoms with Crippen molar-refractivity contribution in [3.8, 4) is 0 Å². The molecule has 1 aliphatic heterocycles. The Balaban J connectivity index is 1.57. The van der Waals surface area contributed by atoms with Crippen molar-refractivity contribution in [2.45, 2.75) is 59.1 Å². The third kappa shape index (κ3) is 11.0. The normalized spacial score (nSPS) is 14.7. The molecule has 0 saturated carbocycles. The van der Waals surface area contributed by atoms with Gasteiger partial charge in [0.15, 0.2) is 11.6 Å². The van der Waals surface area contributed by atoms with Crippen molar-refractivity contribution < 1.29 is 48.1 Å². The second-order valence-electron chi connectivity index (χ2n) is 11.3. The Hall–Kier alpha value is -4.80. The number of cyclic esters (lactones) is 1. The molecule has 0 spiro atoms. The van der Waals surface area contributed by atoms with E-state index in [9.17, 15) is 33.9 Å². The van der Waals surface area contributed by atoms with Gasteiger partial charge in [-0.3, -0.25) is 24.0 Å². The molecule has 11 heteroatoms. The molecule has 0 bridgehead atoms. The standard InChI is InChI=1S/C34H39NO10/c1-21(2)26(17-32(40)44-18-24-12-8-5-9-13-24)33(41)35-22(3)28(36)15-25(16-31(38)39)29(37)19-43-30-20-45-34(42)27(30)14-23-10-6-4-7-11-23/h4-13,21-22,25-26H,14-20H2,1-3H3,(H,35,41)(H,38,39)/t22-,25-,26-/m0/s1. The number of ether oxygens (including phenoxy) is 3. The molecule has 1 aliphatic rings. The number of carbonyl (C=O) groups is 6. The largest absolute Gasteiger partial charge is 0.486 e. The molecule has 0 fully saturated rings. The van der Waals surface area contributed by atoms with E-state index in [4.69, 9.17) is 14.2 Å². The van der Waals surface area contributed by atoms with Gasteiger partial charge in [-0.05, 0) is 24.0 Å². The lowest BCUT2D eigenvalue weighted by Gasteiger charge is -2.23. The van der Waals surface area contributed by atoms with E-state index in [1.807, 2.05) is 60.7 Å². The van der Waals surface area contributed by atoms with E-state index < -0.39 is 72.7 Å². The predicted octanol–water partition coefficient (Wildman–Crippen LogP) is 3.59. The number of amides is 1. The zero-order valence-electron chi connectivity index (χ0n) is 25.7. The van der Waals surface area contributed by atoms with Crippen molar-refractivity contribution in [1.82, 2.24) is 5.32 Å². The summed E-state index contributed by atoms with van der Waals surface area (Å²) in [5.74, 6) is -6.20. The molecule has 2 aromatic rings. The minimum absolute atomic E-state index is 0.0681. The smallest absolute Gasteiger partial charge is 0.338 e. The van der Waals surface area contributed by atoms with Crippen LogP contribution in [-0.4, -0.2) is 59.7 Å². The molecule has 0 unspecified atom stereocenters. The number of Topliss-reactive ketones (excluding diaryl/α,β-unsaturated/α-hetero) is 2. The fourth-order valence-electron chi connectivity index (χ4n) is 4.73. The number of aliphatic carboxylic acids is 1. The van der Waals surface area contributed by atoms with Crippen LogP contribution >= 0.6 is 0 Å². The minimum atomic E-state index is -1.28. The molecule has 0 radical (unpaired) electrons. The van der Waals surface area contributed by atoms with Crippen LogP contribution in [0.5, 0.6) is 0 Å². The monoisotopic (exact) mass is 621 g/mol. The summed E-state index contributed by atoms with van der Waals surface area (Å²) in [5, 5.41) is 12.0. The number of esters is 2. The van der Waals surface area contributed by atoms with Crippen LogP contribution in [0.3, 0.4) is 0 Å². The number of ketones is 2. The van der Waals surface area contributed by atoms with Crippen molar-refractivity contribution >= 4 is 35.4 Å². The molecule has 240 valence electrons. The molecule has 0 saturated heterocycles. The van der Waals surface area contributed by atoms with Crippen LogP contribution in [0, 0.1) is 17.8 Å². The number of benzene rings is 2. The summed E-state index contributed by atoms with van der Waals surface area (Å²) < 4.78 is 16.0. The summed E-state index contributed by atoms with van der Waals surface area (Å²) in [4.78, 5) is 75.3. The molecule has 2 N–H and O–H groups in total. The molecular formula is C34H39NO10. The number of carboxylic acid groups (broad SMARTS) is 1. The first-order valence-electron chi connectivity index (χ1n) is 14.8. The van der Waals surface area contributed by atoms with Gasteiger partial charge in [-0.25, -0.2) is 4.79 Å². The first-order valence-corrected chi connectivity index (χ1v) is 14.8. The van der Waals surface area contributed by atoms with Crippen LogP contribution in [0.25, 0.3) is 0 Å². The van der Waals surface area contributed by atoms with Crippen molar-refractivity contribution in [2.75, 3.05) is 13.2 Å². The van der Waals surface area contributed by atoms with Gasteiger partial charge in [0.1, 0.15) is 25.6 Å². The summed E-state index contributed by atoms with van der Waals surface area (Å²) in [5.41, 5.74) is 1.91. The van der Waals surface area contributed by atoms with Crippen molar-refractivity contribution in [3.05, 3.63) is 83.1 Å². The maximum atomic E-state index is 13.0. The number of carboxylic acids is 1. The van der Waals surface area contributed by atoms with E-state index in [-0.39, 0.29) is 43.3 Å². The number of hydrogen-bond donors (Lipinski definition) is 2. The zero-order valence-corrected chi connectivity index (χ0v) is 25.7. The Morgan fingerprint density at radius 3 is 2.09 bits per heavy atom. The Kier molecular flexibility index (Phi) is 13.0. The van der Waals surface area contributed by atoms with Crippen LogP contribution in [0.15, 0.2) is 72.0 Å². The van der Waals surface area contributed by atoms with Gasteiger partial charge in [-0.2, -0.15) is 0 Å². The van der Waals surface area contributed by atoms with Gasteiger partial charge in [0.05, 0.1) is 30.4 Å². The number of nitrogens with one attached hydrogen (secondary N) is 1. The van der Waals surface area contributed by atoms with E-state index in [2.05, 4.69) is 5.32 Å². The first kappa shape index (κ1) is 34.7. The van der Waals surface area contributed by atoms with Gasteiger partial charge in [-0.15, -0.1) is 0 Å². The SMILES string of the molecule is CC(C)[C@H](CC(=O)OCc1ccccc1)C(=O)N[C@@H](C)C(=O)C[C@@H](CC(=O)O)C(=O)COC1=C(Cc2ccccc2)C(=O)OC1. The lowest BCUT2D eigenvalue weighted by atomic mass is 9.90. The molecular weight excluding hydrogens is 582 g/mol. The second-order valence-corrected chi connectivity index (χ2v) is 11.3. The van der Waals surface area contributed by atoms with Crippen LogP contribution in [0.2, 0.25) is 0 Å². The van der Waals surface area contributed by atoms with Gasteiger partial charge in [0.2, 0.25) is 5.91 Å². The molecule has 1 amide bonds. The number of rotatable bonds is 18. The highest BCUT2D eigenvalue weighted by molar-refractivity contribution is 5.95. The lowest BCUT2D eigenvalue weighted by Crippen LogP contribution is -2.44. The predicted molar refractivity (Wildman–Crippen MR) is 161 cm³/mol. The first-order chi connectivity index (χ1) is 21.4. The summed E-state index contributed by atoms with van der Waals surface area (Å²) in [6, 6.07) is 17.2. The van der Waals surface area contributed by atoms with Crippen LogP contribution in [-0.2, 0) is 56.0 Å². The van der Waals surface area contributed by atoms with Crippen molar-refractivity contribution in [3.63, 3.8) is 0 Å². The Labute approximate surface area is 261 Å². The zero-order chi connectivity index (χ0) is 32.9. The maximum absolute atomic E-state index is 13.0. The van der Waals surface area contributed by atoms with Gasteiger partial charge in [0.25, 0.3) is 0 Å². The van der Waals surface area contributed by atoms with Crippen LogP contribution in [0.1, 0.15) is 51.2 Å². The van der Waals surface area contributed by atoms with E-state index >= 15 is 0 Å². The quantitative estimate of drug-likeness (QED) is 0.235. The van der Waals surface area contributed by atoms with Gasteiger partial charge < -0.3 is 24.6 Å². The van der Waals surface area contributed by atoms with Gasteiger partial charge >= 0.3 is 17.9 Å². The third-order valence-corrected chi connectivity index (χ3v) is 7.47. The average molecular weight is 622 g/mol. The molecule has 1 heterocycles. The number of hydrogen-bond acceptors (Lipinski definition) is 9. The Bertz CT molecular complexity index is 1400. The van der Waals surface area contributed by atoms with E-state index in [1.165, 1.54) is 6.92 Å². The molecule has 2 aromatic carbocycles. The summed E-state index contributed by atoms with van der Waals surface area (Å²) >= 11 is 0. The fourth-order valence-corrected chi connectivity index (χ4v) is 4.73. The van der Waals surface area contributed by atoms with Gasteiger partial charge in [-0.1, -0.05) is 74.5 Å². The van der Waals surface area contributed by atoms with Crippen LogP contribution < -0.4 is 5.32 Å². The Morgan fingerprint density at radius 2 is 1.49 bits per heavy atom. The molecule has 0 aliphatic carbocycles. The maximum Gasteiger partial charge on any atom is 0.338 e. The summed E-state index contributed by atoms with van der Waals surface area (Å²) in [6.07, 6.45) is -1.03. The summed E-state index contributed by atoms with van der Waals surface area (Å²) in [7, 11) is 0. The molecule has 45 heavy (non-hydrogen) atoms. The molecule has 11 nitrogen and oxygen atoms in total. The fraction of sp³-hybridized carbons (Fsp3) is 0.412.